The highest BCUT2D eigenvalue weighted by molar-refractivity contribution is 7.89. The van der Waals surface area contributed by atoms with Crippen LogP contribution in [0.4, 0.5) is 13.2 Å². The second-order valence-corrected chi connectivity index (χ2v) is 7.46. The summed E-state index contributed by atoms with van der Waals surface area (Å²) in [6.07, 6.45) is -4.40. The molecule has 0 spiro atoms. The number of nitrogens with zero attached hydrogens (tertiary/aromatic N) is 1. The third-order valence-corrected chi connectivity index (χ3v) is 5.83. The number of benzene rings is 1. The molecule has 1 fully saturated rings. The Morgan fingerprint density at radius 2 is 2.00 bits per heavy atom. The van der Waals surface area contributed by atoms with Crippen molar-refractivity contribution >= 4 is 27.6 Å². The lowest BCUT2D eigenvalue weighted by molar-refractivity contribution is -0.143. The molecular formula is C13H13ClF3NO4S. The Balaban J connectivity index is 2.49. The fourth-order valence-electron chi connectivity index (χ4n) is 2.50. The van der Waals surface area contributed by atoms with Crippen LogP contribution in [-0.2, 0) is 21.0 Å². The average molecular weight is 372 g/mol. The van der Waals surface area contributed by atoms with E-state index in [9.17, 15) is 26.4 Å². The van der Waals surface area contributed by atoms with Crippen LogP contribution in [0, 0.1) is 5.92 Å². The van der Waals surface area contributed by atoms with Crippen LogP contribution in [0.15, 0.2) is 23.1 Å². The third kappa shape index (κ3) is 3.61. The van der Waals surface area contributed by atoms with E-state index in [4.69, 9.17) is 16.7 Å². The van der Waals surface area contributed by atoms with Gasteiger partial charge in [-0.1, -0.05) is 17.7 Å². The van der Waals surface area contributed by atoms with Gasteiger partial charge in [0, 0.05) is 13.1 Å². The Kier molecular flexibility index (Phi) is 4.93. The lowest BCUT2D eigenvalue weighted by Crippen LogP contribution is -2.42. The SMILES string of the molecule is O=C(O)[C@@H]1CCCN(S(=O)(=O)c2cccc(Cl)c2C(F)(F)F)C1. The number of hydrogen-bond acceptors (Lipinski definition) is 3. The maximum absolute atomic E-state index is 13.2. The number of carboxylic acids is 1. The highest BCUT2D eigenvalue weighted by atomic mass is 35.5. The minimum Gasteiger partial charge on any atom is -0.481 e. The number of piperidine rings is 1. The first kappa shape index (κ1) is 18.0. The summed E-state index contributed by atoms with van der Waals surface area (Å²) in [6.45, 7) is -0.391. The fraction of sp³-hybridized carbons (Fsp3) is 0.462. The minimum atomic E-state index is -4.94. The summed E-state index contributed by atoms with van der Waals surface area (Å²) in [6, 6.07) is 2.90. The van der Waals surface area contributed by atoms with Crippen LogP contribution in [0.25, 0.3) is 0 Å². The normalized spacial score (nSPS) is 20.4. The molecule has 1 aromatic carbocycles. The van der Waals surface area contributed by atoms with Crippen LogP contribution in [0.5, 0.6) is 0 Å². The molecule has 1 N–H and O–H groups in total. The summed E-state index contributed by atoms with van der Waals surface area (Å²) >= 11 is 5.54. The molecule has 1 aliphatic heterocycles. The van der Waals surface area contributed by atoms with Gasteiger partial charge in [0.25, 0.3) is 0 Å². The van der Waals surface area contributed by atoms with Crippen LogP contribution >= 0.6 is 11.6 Å². The Morgan fingerprint density at radius 3 is 2.57 bits per heavy atom. The van der Waals surface area contributed by atoms with E-state index in [2.05, 4.69) is 0 Å². The summed E-state index contributed by atoms with van der Waals surface area (Å²) in [5.74, 6) is -2.11. The molecule has 1 aliphatic rings. The van der Waals surface area contributed by atoms with Gasteiger partial charge in [0.15, 0.2) is 0 Å². The molecular weight excluding hydrogens is 359 g/mol. The summed E-state index contributed by atoms with van der Waals surface area (Å²) in [5, 5.41) is 8.28. The predicted molar refractivity (Wildman–Crippen MR) is 75.6 cm³/mol. The number of carbonyl (C=O) groups is 1. The van der Waals surface area contributed by atoms with E-state index in [1.807, 2.05) is 0 Å². The van der Waals surface area contributed by atoms with Gasteiger partial charge < -0.3 is 5.11 Å². The molecule has 128 valence electrons. The molecule has 10 heteroatoms. The first-order valence-corrected chi connectivity index (χ1v) is 8.45. The van der Waals surface area contributed by atoms with E-state index < -0.39 is 43.6 Å². The number of hydrogen-bond donors (Lipinski definition) is 1. The monoisotopic (exact) mass is 371 g/mol. The van der Waals surface area contributed by atoms with Gasteiger partial charge in [0.1, 0.15) is 0 Å². The molecule has 5 nitrogen and oxygen atoms in total. The molecule has 0 radical (unpaired) electrons. The predicted octanol–water partition coefficient (Wildman–Crippen LogP) is 2.84. The zero-order valence-corrected chi connectivity index (χ0v) is 13.2. The van der Waals surface area contributed by atoms with Gasteiger partial charge >= 0.3 is 12.1 Å². The third-order valence-electron chi connectivity index (χ3n) is 3.61. The molecule has 1 atom stereocenters. The summed E-state index contributed by atoms with van der Waals surface area (Å²) in [5.41, 5.74) is -1.43. The first-order chi connectivity index (χ1) is 10.5. The second kappa shape index (κ2) is 6.29. The van der Waals surface area contributed by atoms with Crippen molar-refractivity contribution in [1.29, 1.82) is 0 Å². The van der Waals surface area contributed by atoms with Gasteiger partial charge in [0.05, 0.1) is 21.4 Å². The quantitative estimate of drug-likeness (QED) is 0.886. The first-order valence-electron chi connectivity index (χ1n) is 6.64. The lowest BCUT2D eigenvalue weighted by atomic mass is 10.0. The molecule has 0 bridgehead atoms. The van der Waals surface area contributed by atoms with Crippen LogP contribution in [0.2, 0.25) is 5.02 Å². The summed E-state index contributed by atoms with van der Waals surface area (Å²) < 4.78 is 65.3. The summed E-state index contributed by atoms with van der Waals surface area (Å²) in [4.78, 5) is 10.1. The molecule has 0 amide bonds. The zero-order chi connectivity index (χ0) is 17.4. The van der Waals surface area contributed by atoms with Gasteiger partial charge in [0.2, 0.25) is 10.0 Å². The van der Waals surface area contributed by atoms with E-state index in [1.165, 1.54) is 0 Å². The molecule has 0 saturated carbocycles. The van der Waals surface area contributed by atoms with Crippen molar-refractivity contribution in [3.63, 3.8) is 0 Å². The maximum atomic E-state index is 13.2. The number of halogens is 4. The van der Waals surface area contributed by atoms with E-state index in [-0.39, 0.29) is 25.9 Å². The number of rotatable bonds is 3. The molecule has 0 aliphatic carbocycles. The van der Waals surface area contributed by atoms with Gasteiger partial charge in [-0.05, 0) is 25.0 Å². The van der Waals surface area contributed by atoms with E-state index >= 15 is 0 Å². The van der Waals surface area contributed by atoms with Crippen molar-refractivity contribution < 1.29 is 31.5 Å². The van der Waals surface area contributed by atoms with Crippen LogP contribution < -0.4 is 0 Å². The van der Waals surface area contributed by atoms with Crippen molar-refractivity contribution in [2.45, 2.75) is 23.9 Å². The van der Waals surface area contributed by atoms with Crippen LogP contribution in [0.1, 0.15) is 18.4 Å². The van der Waals surface area contributed by atoms with Crippen molar-refractivity contribution in [3.8, 4) is 0 Å². The fourth-order valence-corrected chi connectivity index (χ4v) is 4.59. The number of carboxylic acid groups (broad SMARTS) is 1. The molecule has 1 aromatic rings. The maximum Gasteiger partial charge on any atom is 0.419 e. The highest BCUT2D eigenvalue weighted by Gasteiger charge is 2.42. The summed E-state index contributed by atoms with van der Waals surface area (Å²) in [7, 11) is -4.50. The van der Waals surface area contributed by atoms with Gasteiger partial charge in [-0.15, -0.1) is 0 Å². The molecule has 0 aromatic heterocycles. The van der Waals surface area contributed by atoms with Crippen molar-refractivity contribution in [3.05, 3.63) is 28.8 Å². The molecule has 0 unspecified atom stereocenters. The molecule has 1 saturated heterocycles. The van der Waals surface area contributed by atoms with Crippen LogP contribution in [-0.4, -0.2) is 36.9 Å². The number of alkyl halides is 3. The Bertz CT molecular complexity index is 720. The van der Waals surface area contributed by atoms with Crippen molar-refractivity contribution in [2.24, 2.45) is 5.92 Å². The van der Waals surface area contributed by atoms with Crippen molar-refractivity contribution in [1.82, 2.24) is 4.31 Å². The van der Waals surface area contributed by atoms with E-state index in [1.54, 1.807) is 0 Å². The van der Waals surface area contributed by atoms with Crippen molar-refractivity contribution in [2.75, 3.05) is 13.1 Å². The Morgan fingerprint density at radius 1 is 1.35 bits per heavy atom. The number of sulfonamides is 1. The molecule has 1 heterocycles. The topological polar surface area (TPSA) is 74.7 Å². The Labute approximate surface area is 135 Å². The Hall–Kier alpha value is -1.32. The molecule has 2 rings (SSSR count). The van der Waals surface area contributed by atoms with E-state index in [0.717, 1.165) is 22.5 Å². The van der Waals surface area contributed by atoms with Gasteiger partial charge in [-0.3, -0.25) is 4.79 Å². The molecule has 23 heavy (non-hydrogen) atoms. The minimum absolute atomic E-state index is 0.0318. The van der Waals surface area contributed by atoms with Gasteiger partial charge in [-0.25, -0.2) is 8.42 Å². The number of aliphatic carboxylic acids is 1. The van der Waals surface area contributed by atoms with E-state index in [0.29, 0.717) is 0 Å². The second-order valence-electron chi connectivity index (χ2n) is 5.15. The largest absolute Gasteiger partial charge is 0.481 e. The zero-order valence-electron chi connectivity index (χ0n) is 11.7. The average Bonchev–Trinajstić information content (AvgIpc) is 2.45. The smallest absolute Gasteiger partial charge is 0.419 e. The van der Waals surface area contributed by atoms with Gasteiger partial charge in [-0.2, -0.15) is 17.5 Å². The lowest BCUT2D eigenvalue weighted by Gasteiger charge is -2.30. The van der Waals surface area contributed by atoms with Crippen LogP contribution in [0.3, 0.4) is 0 Å². The standard InChI is InChI=1S/C13H13ClF3NO4S/c14-9-4-1-5-10(11(9)13(15,16)17)23(21,22)18-6-2-3-8(7-18)12(19)20/h1,4-5,8H,2-3,6-7H2,(H,19,20)/t8-/m1/s1. The highest BCUT2D eigenvalue weighted by Crippen LogP contribution is 2.40.